The lowest BCUT2D eigenvalue weighted by Crippen LogP contribution is -2.41. The molecule has 0 radical (unpaired) electrons. The van der Waals surface area contributed by atoms with Gasteiger partial charge in [0.2, 0.25) is 0 Å². The first-order valence-electron chi connectivity index (χ1n) is 12.5. The minimum atomic E-state index is -2.51. The molecule has 0 aliphatic heterocycles. The average Bonchev–Trinajstić information content (AvgIpc) is 2.85. The maximum atomic E-state index is 9.62. The van der Waals surface area contributed by atoms with E-state index < -0.39 is 8.56 Å². The van der Waals surface area contributed by atoms with Crippen molar-refractivity contribution in [3.05, 3.63) is 119 Å². The molecular formula is C32H36O4Si. The van der Waals surface area contributed by atoms with Crippen molar-refractivity contribution < 1.29 is 19.1 Å². The highest BCUT2D eigenvalue weighted by atomic mass is 28.4. The molecule has 0 unspecified atom stereocenters. The number of phenolic OH excluding ortho intramolecular Hbond substituents is 2. The molecule has 0 spiro atoms. The van der Waals surface area contributed by atoms with Crippen molar-refractivity contribution in [3.8, 4) is 23.0 Å². The Kier molecular flexibility index (Phi) is 7.11. The van der Waals surface area contributed by atoms with Gasteiger partial charge in [0.05, 0.1) is 0 Å². The van der Waals surface area contributed by atoms with Crippen molar-refractivity contribution in [1.29, 1.82) is 0 Å². The van der Waals surface area contributed by atoms with Crippen LogP contribution in [-0.4, -0.2) is 18.8 Å². The molecule has 2 N–H and O–H groups in total. The van der Waals surface area contributed by atoms with Gasteiger partial charge in [-0.15, -0.1) is 0 Å². The van der Waals surface area contributed by atoms with Crippen LogP contribution in [0, 0.1) is 0 Å². The molecule has 0 saturated heterocycles. The topological polar surface area (TPSA) is 58.9 Å². The summed E-state index contributed by atoms with van der Waals surface area (Å²) in [6.07, 6.45) is 0. The normalized spacial score (nSPS) is 12.3. The molecule has 0 saturated carbocycles. The molecule has 0 aliphatic rings. The Morgan fingerprint density at radius 3 is 0.973 bits per heavy atom. The molecule has 0 aliphatic carbocycles. The van der Waals surface area contributed by atoms with Crippen LogP contribution in [-0.2, 0) is 10.8 Å². The monoisotopic (exact) mass is 512 g/mol. The van der Waals surface area contributed by atoms with Gasteiger partial charge in [-0.3, -0.25) is 0 Å². The van der Waals surface area contributed by atoms with Gasteiger partial charge in [0.25, 0.3) is 0 Å². The average molecular weight is 513 g/mol. The van der Waals surface area contributed by atoms with Gasteiger partial charge in [-0.2, -0.15) is 0 Å². The largest absolute Gasteiger partial charge is 0.512 e. The van der Waals surface area contributed by atoms with Crippen molar-refractivity contribution in [2.45, 2.75) is 51.6 Å². The number of benzene rings is 4. The van der Waals surface area contributed by atoms with Crippen molar-refractivity contribution >= 4 is 8.56 Å². The molecule has 0 heterocycles. The zero-order valence-corrected chi connectivity index (χ0v) is 23.4. The van der Waals surface area contributed by atoms with E-state index in [1.165, 1.54) is 0 Å². The van der Waals surface area contributed by atoms with Crippen LogP contribution < -0.4 is 8.85 Å². The lowest BCUT2D eigenvalue weighted by atomic mass is 9.78. The van der Waals surface area contributed by atoms with Gasteiger partial charge in [0, 0.05) is 23.9 Å². The van der Waals surface area contributed by atoms with Crippen LogP contribution in [0.1, 0.15) is 49.9 Å². The van der Waals surface area contributed by atoms with Crippen molar-refractivity contribution in [2.75, 3.05) is 0 Å². The zero-order valence-electron chi connectivity index (χ0n) is 22.4. The second-order valence-electron chi connectivity index (χ2n) is 11.0. The summed E-state index contributed by atoms with van der Waals surface area (Å²) >= 11 is 0. The van der Waals surface area contributed by atoms with Crippen LogP contribution in [0.25, 0.3) is 0 Å². The molecule has 4 nitrogen and oxygen atoms in total. The van der Waals surface area contributed by atoms with Crippen LogP contribution in [0.3, 0.4) is 0 Å². The van der Waals surface area contributed by atoms with Gasteiger partial charge in [0.1, 0.15) is 23.0 Å². The summed E-state index contributed by atoms with van der Waals surface area (Å²) in [4.78, 5) is 0. The Bertz CT molecular complexity index is 1220. The highest BCUT2D eigenvalue weighted by Crippen LogP contribution is 2.35. The molecule has 0 bridgehead atoms. The van der Waals surface area contributed by atoms with Gasteiger partial charge >= 0.3 is 8.56 Å². The van der Waals surface area contributed by atoms with Crippen molar-refractivity contribution in [2.24, 2.45) is 0 Å². The number of hydrogen-bond acceptors (Lipinski definition) is 4. The summed E-state index contributed by atoms with van der Waals surface area (Å²) in [5, 5.41) is 19.2. The highest BCUT2D eigenvalue weighted by molar-refractivity contribution is 6.66. The number of aromatic hydroxyl groups is 2. The van der Waals surface area contributed by atoms with E-state index >= 15 is 0 Å². The predicted molar refractivity (Wildman–Crippen MR) is 152 cm³/mol. The molecular weight excluding hydrogens is 476 g/mol. The first-order valence-corrected chi connectivity index (χ1v) is 15.4. The van der Waals surface area contributed by atoms with E-state index in [2.05, 4.69) is 52.0 Å². The third kappa shape index (κ3) is 6.00. The fraction of sp³-hybridized carbons (Fsp3) is 0.250. The Morgan fingerprint density at radius 2 is 0.703 bits per heavy atom. The molecule has 4 aromatic carbocycles. The van der Waals surface area contributed by atoms with Gasteiger partial charge in [-0.05, 0) is 70.8 Å². The molecule has 4 aromatic rings. The van der Waals surface area contributed by atoms with E-state index in [4.69, 9.17) is 8.85 Å². The Labute approximate surface area is 221 Å². The summed E-state index contributed by atoms with van der Waals surface area (Å²) in [6, 6.07) is 31.1. The molecule has 5 heteroatoms. The molecule has 0 atom stereocenters. The van der Waals surface area contributed by atoms with E-state index in [0.29, 0.717) is 0 Å². The van der Waals surface area contributed by atoms with E-state index in [1.54, 1.807) is 24.3 Å². The van der Waals surface area contributed by atoms with E-state index in [0.717, 1.165) is 33.8 Å². The quantitative estimate of drug-likeness (QED) is 0.236. The minimum Gasteiger partial charge on any atom is -0.512 e. The first kappa shape index (κ1) is 26.4. The van der Waals surface area contributed by atoms with E-state index in [9.17, 15) is 10.2 Å². The van der Waals surface area contributed by atoms with Crippen LogP contribution in [0.15, 0.2) is 97.1 Å². The first-order chi connectivity index (χ1) is 17.4. The second-order valence-corrected chi connectivity index (χ2v) is 14.2. The maximum absolute atomic E-state index is 9.62. The third-order valence-corrected chi connectivity index (χ3v) is 8.51. The van der Waals surface area contributed by atoms with E-state index in [1.807, 2.05) is 61.6 Å². The summed E-state index contributed by atoms with van der Waals surface area (Å²) in [7, 11) is -2.51. The molecule has 192 valence electrons. The summed E-state index contributed by atoms with van der Waals surface area (Å²) < 4.78 is 12.7. The second kappa shape index (κ2) is 9.98. The zero-order chi connectivity index (χ0) is 26.8. The number of phenols is 2. The molecule has 37 heavy (non-hydrogen) atoms. The molecule has 4 rings (SSSR count). The summed E-state index contributed by atoms with van der Waals surface area (Å²) in [6.45, 7) is 12.8. The third-order valence-electron chi connectivity index (χ3n) is 7.06. The fourth-order valence-corrected chi connectivity index (χ4v) is 6.01. The number of rotatable bonds is 8. The van der Waals surface area contributed by atoms with E-state index in [-0.39, 0.29) is 22.3 Å². The van der Waals surface area contributed by atoms with Crippen LogP contribution >= 0.6 is 0 Å². The van der Waals surface area contributed by atoms with Gasteiger partial charge < -0.3 is 19.1 Å². The molecule has 0 fully saturated rings. The molecule has 0 amide bonds. The van der Waals surface area contributed by atoms with Crippen molar-refractivity contribution in [1.82, 2.24) is 0 Å². The van der Waals surface area contributed by atoms with Crippen LogP contribution in [0.2, 0.25) is 13.1 Å². The number of hydrogen-bond donors (Lipinski definition) is 2. The summed E-state index contributed by atoms with van der Waals surface area (Å²) in [5.74, 6) is 2.11. The predicted octanol–water partition coefficient (Wildman–Crippen LogP) is 7.91. The maximum Gasteiger partial charge on any atom is 0.454 e. The smallest absolute Gasteiger partial charge is 0.454 e. The van der Waals surface area contributed by atoms with Crippen molar-refractivity contribution in [3.63, 3.8) is 0 Å². The van der Waals surface area contributed by atoms with Gasteiger partial charge in [-0.1, -0.05) is 76.2 Å². The lowest BCUT2D eigenvalue weighted by Gasteiger charge is -2.28. The summed E-state index contributed by atoms with van der Waals surface area (Å²) in [5.41, 5.74) is 4.19. The Morgan fingerprint density at radius 1 is 0.459 bits per heavy atom. The Balaban J connectivity index is 1.43. The SMILES string of the molecule is CC(C)(c1ccc(O)cc1)c1ccc(O[Si](C)(C)Oc2ccc(C(C)(C)c3ccc(O)cc3)cc2)cc1. The Hall–Kier alpha value is -3.70. The molecule has 0 aromatic heterocycles. The fourth-order valence-electron chi connectivity index (χ4n) is 4.56. The minimum absolute atomic E-state index is 0.203. The standard InChI is InChI=1S/C32H36O4Si/c1-31(2,23-7-15-27(33)16-8-23)25-11-19-29(20-12-25)35-37(5,6)36-30-21-13-26(14-22-30)32(3,4)24-9-17-28(34)18-10-24/h7-22,33-34H,1-6H3. The lowest BCUT2D eigenvalue weighted by molar-refractivity contribution is 0.399. The highest BCUT2D eigenvalue weighted by Gasteiger charge is 2.30. The van der Waals surface area contributed by atoms with Gasteiger partial charge in [0.15, 0.2) is 0 Å². The van der Waals surface area contributed by atoms with Crippen LogP contribution in [0.4, 0.5) is 0 Å². The van der Waals surface area contributed by atoms with Crippen LogP contribution in [0.5, 0.6) is 23.0 Å². The van der Waals surface area contributed by atoms with Gasteiger partial charge in [-0.25, -0.2) is 0 Å².